The molecule has 4 aromatic rings. The Morgan fingerprint density at radius 1 is 1.07 bits per heavy atom. The van der Waals surface area contributed by atoms with Crippen molar-refractivity contribution in [2.24, 2.45) is 0 Å². The number of thiazole rings is 1. The third-order valence-corrected chi connectivity index (χ3v) is 5.70. The molecule has 0 aliphatic carbocycles. The first-order valence-electron chi connectivity index (χ1n) is 9.04. The first-order valence-corrected chi connectivity index (χ1v) is 9.86. The maximum absolute atomic E-state index is 12.8. The molecule has 6 heteroatoms. The van der Waals surface area contributed by atoms with E-state index in [1.165, 1.54) is 11.3 Å². The van der Waals surface area contributed by atoms with Gasteiger partial charge in [0.05, 0.1) is 12.0 Å². The second-order valence-electron chi connectivity index (χ2n) is 6.49. The Morgan fingerprint density at radius 3 is 2.57 bits per heavy atom. The molecule has 0 atom stereocenters. The molecule has 2 aromatic heterocycles. The largest absolute Gasteiger partial charge is 0.347 e. The summed E-state index contributed by atoms with van der Waals surface area (Å²) in [5.74, 6) is -0.0883. The van der Waals surface area contributed by atoms with Crippen LogP contribution in [0.25, 0.3) is 10.6 Å². The molecule has 2 heterocycles. The minimum absolute atomic E-state index is 0.0883. The van der Waals surface area contributed by atoms with E-state index in [1.807, 2.05) is 66.2 Å². The molecular weight excluding hydrogens is 368 g/mol. The van der Waals surface area contributed by atoms with Crippen LogP contribution in [-0.2, 0) is 13.1 Å². The smallest absolute Gasteiger partial charge is 0.263 e. The van der Waals surface area contributed by atoms with Crippen molar-refractivity contribution in [1.29, 1.82) is 0 Å². The Balaban J connectivity index is 1.48. The predicted octanol–water partition coefficient (Wildman–Crippen LogP) is 4.29. The number of hydrogen-bond donors (Lipinski definition) is 1. The summed E-state index contributed by atoms with van der Waals surface area (Å²) in [6, 6.07) is 18.1. The number of benzene rings is 2. The molecule has 1 N–H and O–H groups in total. The van der Waals surface area contributed by atoms with Crippen LogP contribution in [0.2, 0.25) is 0 Å². The van der Waals surface area contributed by atoms with E-state index in [0.29, 0.717) is 11.4 Å². The van der Waals surface area contributed by atoms with Gasteiger partial charge in [-0.05, 0) is 18.1 Å². The van der Waals surface area contributed by atoms with Gasteiger partial charge in [-0.25, -0.2) is 9.97 Å². The number of nitrogens with one attached hydrogen (secondary N) is 1. The van der Waals surface area contributed by atoms with E-state index in [9.17, 15) is 4.79 Å². The lowest BCUT2D eigenvalue weighted by Gasteiger charge is -2.11. The van der Waals surface area contributed by atoms with Gasteiger partial charge in [0.2, 0.25) is 0 Å². The zero-order valence-electron chi connectivity index (χ0n) is 15.5. The van der Waals surface area contributed by atoms with Gasteiger partial charge in [0, 0.05) is 31.0 Å². The van der Waals surface area contributed by atoms with Crippen LogP contribution >= 0.6 is 11.3 Å². The quantitative estimate of drug-likeness (QED) is 0.536. The van der Waals surface area contributed by atoms with Crippen LogP contribution in [0.5, 0.6) is 0 Å². The summed E-state index contributed by atoms with van der Waals surface area (Å²) in [6.45, 7) is 3.08. The summed E-state index contributed by atoms with van der Waals surface area (Å²) in [7, 11) is 0. The van der Waals surface area contributed by atoms with Gasteiger partial charge < -0.3 is 9.88 Å². The number of aromatic nitrogens is 3. The molecule has 28 heavy (non-hydrogen) atoms. The van der Waals surface area contributed by atoms with E-state index in [0.717, 1.165) is 33.9 Å². The number of imidazole rings is 1. The number of hydrogen-bond acceptors (Lipinski definition) is 4. The maximum atomic E-state index is 12.8. The summed E-state index contributed by atoms with van der Waals surface area (Å²) < 4.78 is 2.01. The Morgan fingerprint density at radius 2 is 1.82 bits per heavy atom. The average molecular weight is 388 g/mol. The van der Waals surface area contributed by atoms with E-state index in [2.05, 4.69) is 21.4 Å². The molecule has 2 aromatic carbocycles. The van der Waals surface area contributed by atoms with Crippen LogP contribution in [0, 0.1) is 6.92 Å². The summed E-state index contributed by atoms with van der Waals surface area (Å²) in [5.41, 5.74) is 4.04. The molecule has 4 rings (SSSR count). The number of aryl methyl sites for hydroxylation is 1. The minimum atomic E-state index is -0.0883. The number of carbonyl (C=O) groups excluding carboxylic acids is 1. The van der Waals surface area contributed by atoms with Crippen molar-refractivity contribution in [1.82, 2.24) is 19.9 Å². The summed E-state index contributed by atoms with van der Waals surface area (Å²) in [4.78, 5) is 22.1. The zero-order chi connectivity index (χ0) is 19.3. The average Bonchev–Trinajstić information content (AvgIpc) is 3.37. The van der Waals surface area contributed by atoms with Gasteiger partial charge in [0.15, 0.2) is 0 Å². The molecule has 0 spiro atoms. The van der Waals surface area contributed by atoms with Crippen molar-refractivity contribution in [3.8, 4) is 10.6 Å². The fraction of sp³-hybridized carbons (Fsp3) is 0.136. The molecule has 1 amide bonds. The van der Waals surface area contributed by atoms with E-state index >= 15 is 0 Å². The molecular formula is C22H20N4OS. The van der Waals surface area contributed by atoms with Crippen molar-refractivity contribution in [3.05, 3.63) is 95.0 Å². The molecule has 0 unspecified atom stereocenters. The van der Waals surface area contributed by atoms with Crippen molar-refractivity contribution < 1.29 is 4.79 Å². The van der Waals surface area contributed by atoms with Gasteiger partial charge in [-0.15, -0.1) is 11.3 Å². The van der Waals surface area contributed by atoms with Gasteiger partial charge in [0.1, 0.15) is 9.88 Å². The lowest BCUT2D eigenvalue weighted by Crippen LogP contribution is -2.23. The maximum Gasteiger partial charge on any atom is 0.263 e. The number of carbonyl (C=O) groups is 1. The van der Waals surface area contributed by atoms with E-state index in [4.69, 9.17) is 0 Å². The van der Waals surface area contributed by atoms with Gasteiger partial charge in [0.25, 0.3) is 5.91 Å². The predicted molar refractivity (Wildman–Crippen MR) is 111 cm³/mol. The Hall–Kier alpha value is -3.25. The van der Waals surface area contributed by atoms with Crippen molar-refractivity contribution in [2.75, 3.05) is 0 Å². The molecule has 0 radical (unpaired) electrons. The standard InChI is InChI=1S/C22H20N4OS/c1-16-20(28-22(25-16)17-7-3-2-4-8-17)21(27)24-13-18-9-5-6-10-19(18)14-26-12-11-23-15-26/h2-12,15H,13-14H2,1H3,(H,24,27). The summed E-state index contributed by atoms with van der Waals surface area (Å²) in [6.07, 6.45) is 5.49. The zero-order valence-corrected chi connectivity index (χ0v) is 16.3. The fourth-order valence-corrected chi connectivity index (χ4v) is 4.02. The lowest BCUT2D eigenvalue weighted by molar-refractivity contribution is 0.0954. The van der Waals surface area contributed by atoms with E-state index < -0.39 is 0 Å². The summed E-state index contributed by atoms with van der Waals surface area (Å²) >= 11 is 1.43. The number of amides is 1. The Labute approximate surface area is 167 Å². The molecule has 0 bridgehead atoms. The van der Waals surface area contributed by atoms with Crippen LogP contribution < -0.4 is 5.32 Å². The molecule has 0 aliphatic heterocycles. The van der Waals surface area contributed by atoms with Crippen molar-refractivity contribution in [3.63, 3.8) is 0 Å². The van der Waals surface area contributed by atoms with Gasteiger partial charge in [-0.1, -0.05) is 54.6 Å². The molecule has 5 nitrogen and oxygen atoms in total. The SMILES string of the molecule is Cc1nc(-c2ccccc2)sc1C(=O)NCc1ccccc1Cn1ccnc1. The van der Waals surface area contributed by atoms with Crippen molar-refractivity contribution >= 4 is 17.2 Å². The molecule has 0 aliphatic rings. The van der Waals surface area contributed by atoms with Gasteiger partial charge in [-0.3, -0.25) is 4.79 Å². The highest BCUT2D eigenvalue weighted by Gasteiger charge is 2.16. The Bertz CT molecular complexity index is 1070. The topological polar surface area (TPSA) is 59.8 Å². The normalized spacial score (nSPS) is 10.8. The fourth-order valence-electron chi connectivity index (χ4n) is 3.03. The van der Waals surface area contributed by atoms with Crippen molar-refractivity contribution in [2.45, 2.75) is 20.0 Å². The number of nitrogens with zero attached hydrogens (tertiary/aromatic N) is 3. The van der Waals surface area contributed by atoms with Crippen LogP contribution in [-0.4, -0.2) is 20.4 Å². The molecule has 0 saturated carbocycles. The monoisotopic (exact) mass is 388 g/mol. The third-order valence-electron chi connectivity index (χ3n) is 4.49. The number of rotatable bonds is 6. The first-order chi connectivity index (χ1) is 13.7. The van der Waals surface area contributed by atoms with Crippen LogP contribution in [0.15, 0.2) is 73.3 Å². The van der Waals surface area contributed by atoms with Crippen LogP contribution in [0.3, 0.4) is 0 Å². The third kappa shape index (κ3) is 4.02. The molecule has 0 fully saturated rings. The Kier molecular flexibility index (Phi) is 5.30. The van der Waals surface area contributed by atoms with Gasteiger partial charge >= 0.3 is 0 Å². The highest BCUT2D eigenvalue weighted by molar-refractivity contribution is 7.17. The highest BCUT2D eigenvalue weighted by Crippen LogP contribution is 2.27. The minimum Gasteiger partial charge on any atom is -0.347 e. The van der Waals surface area contributed by atoms with E-state index in [1.54, 1.807) is 12.5 Å². The lowest BCUT2D eigenvalue weighted by atomic mass is 10.1. The van der Waals surface area contributed by atoms with Crippen LogP contribution in [0.4, 0.5) is 0 Å². The summed E-state index contributed by atoms with van der Waals surface area (Å²) in [5, 5.41) is 3.91. The second-order valence-corrected chi connectivity index (χ2v) is 7.49. The molecule has 140 valence electrons. The van der Waals surface area contributed by atoms with E-state index in [-0.39, 0.29) is 5.91 Å². The van der Waals surface area contributed by atoms with Crippen LogP contribution in [0.1, 0.15) is 26.5 Å². The second kappa shape index (κ2) is 8.19. The highest BCUT2D eigenvalue weighted by atomic mass is 32.1. The first kappa shape index (κ1) is 18.1. The molecule has 0 saturated heterocycles. The van der Waals surface area contributed by atoms with Gasteiger partial charge in [-0.2, -0.15) is 0 Å².